The van der Waals surface area contributed by atoms with Crippen LogP contribution < -0.4 is 10.2 Å². The first kappa shape index (κ1) is 14.1. The first-order valence-corrected chi connectivity index (χ1v) is 7.09. The molecule has 0 unspecified atom stereocenters. The summed E-state index contributed by atoms with van der Waals surface area (Å²) in [6, 6.07) is 6.30. The van der Waals surface area contributed by atoms with Crippen molar-refractivity contribution >= 4 is 11.6 Å². The third-order valence-corrected chi connectivity index (χ3v) is 3.97. The molecule has 3 nitrogen and oxygen atoms in total. The Labute approximate surface area is 116 Å². The molecule has 1 heterocycles. The van der Waals surface area contributed by atoms with Crippen molar-refractivity contribution in [1.82, 2.24) is 5.32 Å². The molecular formula is C16H24N2O. The minimum absolute atomic E-state index is 0.142. The van der Waals surface area contributed by atoms with Crippen molar-refractivity contribution in [3.05, 3.63) is 29.3 Å². The highest BCUT2D eigenvalue weighted by Gasteiger charge is 2.35. The zero-order valence-electron chi connectivity index (χ0n) is 12.4. The van der Waals surface area contributed by atoms with E-state index in [9.17, 15) is 4.79 Å². The summed E-state index contributed by atoms with van der Waals surface area (Å²) in [6.45, 7) is 9.87. The van der Waals surface area contributed by atoms with Crippen molar-refractivity contribution in [3.63, 3.8) is 0 Å². The fourth-order valence-electron chi connectivity index (χ4n) is 2.87. The molecule has 0 saturated carbocycles. The Hall–Kier alpha value is -1.35. The van der Waals surface area contributed by atoms with E-state index in [-0.39, 0.29) is 11.4 Å². The average molecular weight is 260 g/mol. The van der Waals surface area contributed by atoms with E-state index < -0.39 is 0 Å². The lowest BCUT2D eigenvalue weighted by Gasteiger charge is -2.39. The summed E-state index contributed by atoms with van der Waals surface area (Å²) in [5, 5.41) is 3.22. The largest absolute Gasteiger partial charge is 0.308 e. The summed E-state index contributed by atoms with van der Waals surface area (Å²) in [4.78, 5) is 14.5. The zero-order chi connectivity index (χ0) is 14.0. The Morgan fingerprint density at radius 1 is 1.37 bits per heavy atom. The molecule has 19 heavy (non-hydrogen) atoms. The summed E-state index contributed by atoms with van der Waals surface area (Å²) in [6.07, 6.45) is 1.92. The van der Waals surface area contributed by atoms with E-state index in [0.29, 0.717) is 6.54 Å². The van der Waals surface area contributed by atoms with Crippen LogP contribution in [-0.4, -0.2) is 24.5 Å². The molecule has 1 saturated heterocycles. The van der Waals surface area contributed by atoms with Gasteiger partial charge in [-0.1, -0.05) is 25.1 Å². The Morgan fingerprint density at radius 2 is 2.11 bits per heavy atom. The number of nitrogens with one attached hydrogen (secondary N) is 1. The van der Waals surface area contributed by atoms with Crippen molar-refractivity contribution < 1.29 is 4.79 Å². The number of carbonyl (C=O) groups excluding carboxylic acids is 1. The molecule has 0 spiro atoms. The lowest BCUT2D eigenvalue weighted by Crippen LogP contribution is -2.49. The molecule has 0 bridgehead atoms. The SMILES string of the molecule is CCc1cccc(C)c1N1C(=O)CNCCC1(C)C. The molecule has 1 aliphatic heterocycles. The van der Waals surface area contributed by atoms with Crippen molar-refractivity contribution in [2.75, 3.05) is 18.0 Å². The molecule has 1 fully saturated rings. The van der Waals surface area contributed by atoms with Gasteiger partial charge in [0, 0.05) is 5.54 Å². The van der Waals surface area contributed by atoms with Gasteiger partial charge in [0.15, 0.2) is 0 Å². The van der Waals surface area contributed by atoms with Crippen LogP contribution in [-0.2, 0) is 11.2 Å². The Morgan fingerprint density at radius 3 is 2.79 bits per heavy atom. The fraction of sp³-hybridized carbons (Fsp3) is 0.562. The zero-order valence-corrected chi connectivity index (χ0v) is 12.4. The van der Waals surface area contributed by atoms with Gasteiger partial charge in [-0.2, -0.15) is 0 Å². The Kier molecular flexibility index (Phi) is 3.95. The van der Waals surface area contributed by atoms with Crippen LogP contribution in [0.1, 0.15) is 38.3 Å². The number of nitrogens with zero attached hydrogens (tertiary/aromatic N) is 1. The predicted octanol–water partition coefficient (Wildman–Crippen LogP) is 2.66. The molecule has 0 aliphatic carbocycles. The first-order chi connectivity index (χ1) is 8.97. The number of anilines is 1. The van der Waals surface area contributed by atoms with Crippen LogP contribution in [0.2, 0.25) is 0 Å². The number of para-hydroxylation sites is 1. The lowest BCUT2D eigenvalue weighted by molar-refractivity contribution is -0.118. The Bertz CT molecular complexity index is 480. The van der Waals surface area contributed by atoms with Crippen LogP contribution in [0.5, 0.6) is 0 Å². The number of carbonyl (C=O) groups is 1. The van der Waals surface area contributed by atoms with Crippen LogP contribution in [0.4, 0.5) is 5.69 Å². The predicted molar refractivity (Wildman–Crippen MR) is 79.6 cm³/mol. The number of hydrogen-bond acceptors (Lipinski definition) is 2. The van der Waals surface area contributed by atoms with Gasteiger partial charge in [0.05, 0.1) is 12.2 Å². The molecule has 0 atom stereocenters. The second kappa shape index (κ2) is 5.33. The average Bonchev–Trinajstić information content (AvgIpc) is 2.48. The molecule has 1 aliphatic rings. The molecule has 1 amide bonds. The smallest absolute Gasteiger partial charge is 0.241 e. The quantitative estimate of drug-likeness (QED) is 0.886. The molecule has 0 aromatic heterocycles. The molecule has 2 rings (SSSR count). The highest BCUT2D eigenvalue weighted by Crippen LogP contribution is 2.33. The van der Waals surface area contributed by atoms with Crippen molar-refractivity contribution in [2.24, 2.45) is 0 Å². The van der Waals surface area contributed by atoms with Gasteiger partial charge in [0.1, 0.15) is 0 Å². The van der Waals surface area contributed by atoms with Crippen LogP contribution in [0.3, 0.4) is 0 Å². The van der Waals surface area contributed by atoms with Crippen LogP contribution in [0.25, 0.3) is 0 Å². The van der Waals surface area contributed by atoms with Gasteiger partial charge in [0.25, 0.3) is 0 Å². The summed E-state index contributed by atoms with van der Waals surface area (Å²) in [5.74, 6) is 0.173. The van der Waals surface area contributed by atoms with E-state index in [1.807, 2.05) is 4.90 Å². The third-order valence-electron chi connectivity index (χ3n) is 3.97. The Balaban J connectivity index is 2.56. The van der Waals surface area contributed by atoms with Gasteiger partial charge in [-0.05, 0) is 51.3 Å². The molecular weight excluding hydrogens is 236 g/mol. The highest BCUT2D eigenvalue weighted by atomic mass is 16.2. The second-order valence-corrected chi connectivity index (χ2v) is 5.90. The number of hydrogen-bond donors (Lipinski definition) is 1. The number of aryl methyl sites for hydroxylation is 2. The van der Waals surface area contributed by atoms with E-state index in [4.69, 9.17) is 0 Å². The summed E-state index contributed by atoms with van der Waals surface area (Å²) in [7, 11) is 0. The van der Waals surface area contributed by atoms with Crippen molar-refractivity contribution in [2.45, 2.75) is 46.1 Å². The maximum atomic E-state index is 12.5. The van der Waals surface area contributed by atoms with Crippen molar-refractivity contribution in [3.8, 4) is 0 Å². The molecule has 1 N–H and O–H groups in total. The second-order valence-electron chi connectivity index (χ2n) is 5.90. The minimum Gasteiger partial charge on any atom is -0.308 e. The monoisotopic (exact) mass is 260 g/mol. The van der Waals surface area contributed by atoms with Gasteiger partial charge in [-0.15, -0.1) is 0 Å². The van der Waals surface area contributed by atoms with Crippen LogP contribution in [0, 0.1) is 6.92 Å². The van der Waals surface area contributed by atoms with Gasteiger partial charge in [-0.25, -0.2) is 0 Å². The maximum absolute atomic E-state index is 12.5. The van der Waals surface area contributed by atoms with Crippen LogP contribution in [0.15, 0.2) is 18.2 Å². The molecule has 3 heteroatoms. The van der Waals surface area contributed by atoms with Gasteiger partial charge in [-0.3, -0.25) is 4.79 Å². The number of rotatable bonds is 2. The molecule has 0 radical (unpaired) electrons. The maximum Gasteiger partial charge on any atom is 0.241 e. The summed E-state index contributed by atoms with van der Waals surface area (Å²) >= 11 is 0. The van der Waals surface area contributed by atoms with E-state index in [2.05, 4.69) is 51.2 Å². The van der Waals surface area contributed by atoms with Gasteiger partial charge < -0.3 is 10.2 Å². The van der Waals surface area contributed by atoms with E-state index in [0.717, 1.165) is 25.1 Å². The standard InChI is InChI=1S/C16H24N2O/c1-5-13-8-6-7-12(2)15(13)18-14(19)11-17-10-9-16(18,3)4/h6-8,17H,5,9-11H2,1-4H3. The minimum atomic E-state index is -0.142. The van der Waals surface area contributed by atoms with Gasteiger partial charge in [0.2, 0.25) is 5.91 Å². The number of benzene rings is 1. The van der Waals surface area contributed by atoms with E-state index in [1.54, 1.807) is 0 Å². The molecule has 104 valence electrons. The normalized spacial score (nSPS) is 19.4. The highest BCUT2D eigenvalue weighted by molar-refractivity contribution is 5.97. The van der Waals surface area contributed by atoms with E-state index in [1.165, 1.54) is 11.1 Å². The molecule has 1 aromatic carbocycles. The molecule has 1 aromatic rings. The van der Waals surface area contributed by atoms with E-state index >= 15 is 0 Å². The van der Waals surface area contributed by atoms with Crippen molar-refractivity contribution in [1.29, 1.82) is 0 Å². The van der Waals surface area contributed by atoms with Crippen LogP contribution >= 0.6 is 0 Å². The van der Waals surface area contributed by atoms with Gasteiger partial charge >= 0.3 is 0 Å². The lowest BCUT2D eigenvalue weighted by atomic mass is 9.94. The number of amides is 1. The summed E-state index contributed by atoms with van der Waals surface area (Å²) in [5.41, 5.74) is 3.41. The topological polar surface area (TPSA) is 32.3 Å². The third kappa shape index (κ3) is 2.66. The summed E-state index contributed by atoms with van der Waals surface area (Å²) < 4.78 is 0. The fourth-order valence-corrected chi connectivity index (χ4v) is 2.87. The first-order valence-electron chi connectivity index (χ1n) is 7.09.